The molecule has 0 N–H and O–H groups in total. The minimum absolute atomic E-state index is 0.134. The summed E-state index contributed by atoms with van der Waals surface area (Å²) in [6, 6.07) is 8.32. The van der Waals surface area contributed by atoms with Crippen LogP contribution in [0.2, 0.25) is 0 Å². The lowest BCUT2D eigenvalue weighted by Crippen LogP contribution is -2.46. The maximum Gasteiger partial charge on any atom is 0.245 e. The van der Waals surface area contributed by atoms with E-state index in [1.165, 1.54) is 11.4 Å². The number of carbonyl (C=O) groups excluding carboxylic acids is 1. The van der Waals surface area contributed by atoms with E-state index in [0.717, 1.165) is 19.1 Å². The summed E-state index contributed by atoms with van der Waals surface area (Å²) in [6.07, 6.45) is 3.22. The van der Waals surface area contributed by atoms with Crippen molar-refractivity contribution in [2.45, 2.75) is 25.8 Å². The van der Waals surface area contributed by atoms with E-state index < -0.39 is 16.1 Å². The van der Waals surface area contributed by atoms with Crippen molar-refractivity contribution in [1.82, 2.24) is 9.21 Å². The molecule has 0 aliphatic carbocycles. The van der Waals surface area contributed by atoms with Crippen LogP contribution in [0.25, 0.3) is 0 Å². The normalized spacial score (nSPS) is 20.9. The number of sulfonamides is 1. The largest absolute Gasteiger partial charge is 0.341 e. The fourth-order valence-electron chi connectivity index (χ4n) is 2.90. The molecule has 0 radical (unpaired) electrons. The Morgan fingerprint density at radius 3 is 2.50 bits per heavy atom. The number of likely N-dealkylation sites (N-methyl/N-ethyl adjacent to an activating group) is 1. The Bertz CT molecular complexity index is 616. The Morgan fingerprint density at radius 2 is 1.95 bits per heavy atom. The minimum atomic E-state index is -3.46. The number of carbonyl (C=O) groups is 1. The van der Waals surface area contributed by atoms with Gasteiger partial charge in [-0.3, -0.25) is 4.79 Å². The molecular formula is C16H24N2O3S. The second kappa shape index (κ2) is 6.79. The van der Waals surface area contributed by atoms with Crippen LogP contribution >= 0.6 is 0 Å². The summed E-state index contributed by atoms with van der Waals surface area (Å²) in [5, 5.41) is 0. The monoisotopic (exact) mass is 324 g/mol. The molecule has 1 aliphatic rings. The van der Waals surface area contributed by atoms with Gasteiger partial charge in [-0.2, -0.15) is 4.31 Å². The highest BCUT2D eigenvalue weighted by atomic mass is 32.2. The maximum atomic E-state index is 13.0. The Hall–Kier alpha value is -1.40. The average Bonchev–Trinajstić information content (AvgIpc) is 2.47. The molecule has 1 aliphatic heterocycles. The van der Waals surface area contributed by atoms with Gasteiger partial charge in [0.15, 0.2) is 0 Å². The molecule has 2 rings (SSSR count). The molecular weight excluding hydrogens is 300 g/mol. The van der Waals surface area contributed by atoms with E-state index >= 15 is 0 Å². The standard InChI is InChI=1S/C16H24N2O3S/c1-13-8-7-11-18(12-13)16(19)15(17(2)22(3,20)21)14-9-5-4-6-10-14/h4-6,9-10,13,15H,7-8,11-12H2,1-3H3/t13-,15-/m1/s1. The highest BCUT2D eigenvalue weighted by Gasteiger charge is 2.35. The summed E-state index contributed by atoms with van der Waals surface area (Å²) >= 11 is 0. The average molecular weight is 324 g/mol. The van der Waals surface area contributed by atoms with Crippen LogP contribution in [0.3, 0.4) is 0 Å². The second-order valence-electron chi connectivity index (χ2n) is 6.12. The molecule has 0 unspecified atom stereocenters. The van der Waals surface area contributed by atoms with Gasteiger partial charge in [0, 0.05) is 20.1 Å². The van der Waals surface area contributed by atoms with E-state index in [1.807, 2.05) is 18.2 Å². The number of hydrogen-bond donors (Lipinski definition) is 0. The van der Waals surface area contributed by atoms with Gasteiger partial charge in [-0.15, -0.1) is 0 Å². The van der Waals surface area contributed by atoms with Gasteiger partial charge in [0.1, 0.15) is 6.04 Å². The zero-order chi connectivity index (χ0) is 16.3. The number of benzene rings is 1. The molecule has 1 heterocycles. The van der Waals surface area contributed by atoms with Crippen molar-refractivity contribution < 1.29 is 13.2 Å². The Kier molecular flexibility index (Phi) is 5.24. The van der Waals surface area contributed by atoms with Crippen molar-refractivity contribution >= 4 is 15.9 Å². The molecule has 22 heavy (non-hydrogen) atoms. The van der Waals surface area contributed by atoms with E-state index in [-0.39, 0.29) is 5.91 Å². The molecule has 1 amide bonds. The summed E-state index contributed by atoms with van der Waals surface area (Å²) in [7, 11) is -1.99. The molecule has 1 saturated heterocycles. The first-order valence-electron chi connectivity index (χ1n) is 7.57. The van der Waals surface area contributed by atoms with Gasteiger partial charge in [-0.05, 0) is 24.3 Å². The first kappa shape index (κ1) is 17.0. The summed E-state index contributed by atoms with van der Waals surface area (Å²) in [5.41, 5.74) is 0.707. The Morgan fingerprint density at radius 1 is 1.32 bits per heavy atom. The van der Waals surface area contributed by atoms with E-state index in [4.69, 9.17) is 0 Å². The van der Waals surface area contributed by atoms with E-state index in [0.29, 0.717) is 24.6 Å². The number of nitrogens with zero attached hydrogens (tertiary/aromatic N) is 2. The first-order valence-corrected chi connectivity index (χ1v) is 9.42. The first-order chi connectivity index (χ1) is 10.3. The van der Waals surface area contributed by atoms with Crippen LogP contribution in [0.1, 0.15) is 31.4 Å². The maximum absolute atomic E-state index is 13.0. The SMILES string of the molecule is C[C@@H]1CCCN(C(=O)[C@@H](c2ccccc2)N(C)S(C)(=O)=O)C1. The van der Waals surface area contributed by atoms with Crippen LogP contribution in [0, 0.1) is 5.92 Å². The number of amides is 1. The van der Waals surface area contributed by atoms with Crippen molar-refractivity contribution in [3.05, 3.63) is 35.9 Å². The highest BCUT2D eigenvalue weighted by molar-refractivity contribution is 7.88. The van der Waals surface area contributed by atoms with Gasteiger partial charge >= 0.3 is 0 Å². The van der Waals surface area contributed by atoms with Gasteiger partial charge < -0.3 is 4.90 Å². The fourth-order valence-corrected chi connectivity index (χ4v) is 3.49. The molecule has 1 fully saturated rings. The summed E-state index contributed by atoms with van der Waals surface area (Å²) in [6.45, 7) is 3.51. The molecule has 6 heteroatoms. The van der Waals surface area contributed by atoms with Crippen molar-refractivity contribution in [2.75, 3.05) is 26.4 Å². The summed E-state index contributed by atoms with van der Waals surface area (Å²) < 4.78 is 25.1. The molecule has 0 saturated carbocycles. The van der Waals surface area contributed by atoms with E-state index in [9.17, 15) is 13.2 Å². The molecule has 1 aromatic rings. The zero-order valence-corrected chi connectivity index (χ0v) is 14.2. The van der Waals surface area contributed by atoms with E-state index in [1.54, 1.807) is 17.0 Å². The predicted molar refractivity (Wildman–Crippen MR) is 86.8 cm³/mol. The molecule has 0 spiro atoms. The topological polar surface area (TPSA) is 57.7 Å². The third kappa shape index (κ3) is 3.87. The number of rotatable bonds is 4. The number of likely N-dealkylation sites (tertiary alicyclic amines) is 1. The van der Waals surface area contributed by atoms with Gasteiger partial charge in [-0.25, -0.2) is 8.42 Å². The highest BCUT2D eigenvalue weighted by Crippen LogP contribution is 2.26. The summed E-state index contributed by atoms with van der Waals surface area (Å²) in [5.74, 6) is 0.323. The molecule has 0 aromatic heterocycles. The molecule has 5 nitrogen and oxygen atoms in total. The Labute approximate surface area is 133 Å². The molecule has 2 atom stereocenters. The molecule has 1 aromatic carbocycles. The molecule has 122 valence electrons. The van der Waals surface area contributed by atoms with Crippen LogP contribution in [-0.4, -0.2) is 49.9 Å². The van der Waals surface area contributed by atoms with Crippen LogP contribution in [0.15, 0.2) is 30.3 Å². The lowest BCUT2D eigenvalue weighted by atomic mass is 9.98. The quantitative estimate of drug-likeness (QED) is 0.850. The molecule has 0 bridgehead atoms. The minimum Gasteiger partial charge on any atom is -0.341 e. The smallest absolute Gasteiger partial charge is 0.245 e. The van der Waals surface area contributed by atoms with Crippen LogP contribution in [0.5, 0.6) is 0 Å². The Balaban J connectivity index is 2.34. The number of hydrogen-bond acceptors (Lipinski definition) is 3. The lowest BCUT2D eigenvalue weighted by Gasteiger charge is -2.36. The van der Waals surface area contributed by atoms with Crippen LogP contribution in [0.4, 0.5) is 0 Å². The van der Waals surface area contributed by atoms with E-state index in [2.05, 4.69) is 6.92 Å². The number of piperidine rings is 1. The van der Waals surface area contributed by atoms with Crippen molar-refractivity contribution in [2.24, 2.45) is 5.92 Å². The van der Waals surface area contributed by atoms with Gasteiger partial charge in [0.2, 0.25) is 15.9 Å². The van der Waals surface area contributed by atoms with Crippen molar-refractivity contribution in [3.63, 3.8) is 0 Å². The third-order valence-corrected chi connectivity index (χ3v) is 5.46. The van der Waals surface area contributed by atoms with Crippen LogP contribution in [-0.2, 0) is 14.8 Å². The predicted octanol–water partition coefficient (Wildman–Crippen LogP) is 1.88. The van der Waals surface area contributed by atoms with Crippen molar-refractivity contribution in [1.29, 1.82) is 0 Å². The van der Waals surface area contributed by atoms with Gasteiger partial charge in [-0.1, -0.05) is 37.3 Å². The van der Waals surface area contributed by atoms with Gasteiger partial charge in [0.25, 0.3) is 0 Å². The second-order valence-corrected chi connectivity index (χ2v) is 8.17. The van der Waals surface area contributed by atoms with Crippen LogP contribution < -0.4 is 0 Å². The van der Waals surface area contributed by atoms with Gasteiger partial charge in [0.05, 0.1) is 6.26 Å². The third-order valence-electron chi connectivity index (χ3n) is 4.20. The summed E-state index contributed by atoms with van der Waals surface area (Å²) in [4.78, 5) is 14.8. The fraction of sp³-hybridized carbons (Fsp3) is 0.562. The zero-order valence-electron chi connectivity index (χ0n) is 13.4. The lowest BCUT2D eigenvalue weighted by molar-refractivity contribution is -0.137. The van der Waals surface area contributed by atoms with Crippen molar-refractivity contribution in [3.8, 4) is 0 Å².